The number of ether oxygens (including phenoxy) is 1. The summed E-state index contributed by atoms with van der Waals surface area (Å²) in [7, 11) is 0. The van der Waals surface area contributed by atoms with E-state index in [2.05, 4.69) is 36.8 Å². The molecule has 0 aliphatic heterocycles. The molecule has 1 heterocycles. The first-order valence-electron chi connectivity index (χ1n) is 3.67. The van der Waals surface area contributed by atoms with Gasteiger partial charge in [-0.15, -0.1) is 0 Å². The summed E-state index contributed by atoms with van der Waals surface area (Å²) in [4.78, 5) is 15.0. The Morgan fingerprint density at radius 2 is 2.38 bits per heavy atom. The molecule has 0 aliphatic rings. The monoisotopic (exact) mass is 310 g/mol. The molecule has 0 radical (unpaired) electrons. The van der Waals surface area contributed by atoms with Gasteiger partial charge in [0.1, 0.15) is 15.8 Å². The Morgan fingerprint density at radius 3 is 2.85 bits per heavy atom. The first-order chi connectivity index (χ1) is 6.15. The van der Waals surface area contributed by atoms with Crippen LogP contribution in [0.4, 0.5) is 0 Å². The summed E-state index contributed by atoms with van der Waals surface area (Å²) >= 11 is 6.49. The van der Waals surface area contributed by atoms with E-state index in [0.717, 1.165) is 4.60 Å². The second-order valence-corrected chi connectivity index (χ2v) is 3.76. The van der Waals surface area contributed by atoms with Crippen LogP contribution in [0.3, 0.4) is 0 Å². The van der Waals surface area contributed by atoms with E-state index >= 15 is 0 Å². The van der Waals surface area contributed by atoms with Crippen LogP contribution >= 0.6 is 31.9 Å². The minimum atomic E-state index is -0.270. The fourth-order valence-electron chi connectivity index (χ4n) is 0.799. The van der Waals surface area contributed by atoms with Crippen molar-refractivity contribution >= 4 is 37.8 Å². The van der Waals surface area contributed by atoms with Crippen LogP contribution < -0.4 is 0 Å². The summed E-state index contributed by atoms with van der Waals surface area (Å²) in [5.74, 6) is -0.270. The lowest BCUT2D eigenvalue weighted by Gasteiger charge is -2.03. The van der Waals surface area contributed by atoms with E-state index < -0.39 is 0 Å². The zero-order valence-corrected chi connectivity index (χ0v) is 10.1. The highest BCUT2D eigenvalue weighted by Crippen LogP contribution is 2.20. The maximum Gasteiger partial charge on any atom is 0.326 e. The first kappa shape index (κ1) is 10.7. The molecule has 0 saturated heterocycles. The first-order valence-corrected chi connectivity index (χ1v) is 5.25. The summed E-state index contributed by atoms with van der Waals surface area (Å²) in [6.45, 7) is 2.34. The standard InChI is InChI=1S/C7H8Br2N2O2/c1-2-13-5(12)3-11-4-10-6(8)7(11)9/h4H,2-3H2,1H3. The van der Waals surface area contributed by atoms with Gasteiger partial charge in [-0.05, 0) is 38.8 Å². The van der Waals surface area contributed by atoms with E-state index in [0.29, 0.717) is 11.2 Å². The second kappa shape index (κ2) is 4.76. The highest BCUT2D eigenvalue weighted by Gasteiger charge is 2.09. The van der Waals surface area contributed by atoms with Crippen molar-refractivity contribution in [2.45, 2.75) is 13.5 Å². The minimum absolute atomic E-state index is 0.174. The van der Waals surface area contributed by atoms with Crippen molar-refractivity contribution in [1.29, 1.82) is 0 Å². The van der Waals surface area contributed by atoms with Crippen molar-refractivity contribution in [3.8, 4) is 0 Å². The van der Waals surface area contributed by atoms with Gasteiger partial charge in [0.2, 0.25) is 0 Å². The average molecular weight is 312 g/mol. The summed E-state index contributed by atoms with van der Waals surface area (Å²) in [6, 6.07) is 0. The van der Waals surface area contributed by atoms with E-state index in [1.54, 1.807) is 17.8 Å². The molecule has 0 N–H and O–H groups in total. The lowest BCUT2D eigenvalue weighted by Crippen LogP contribution is -2.12. The highest BCUT2D eigenvalue weighted by molar-refractivity contribution is 9.13. The SMILES string of the molecule is CCOC(=O)Cn1cnc(Br)c1Br. The second-order valence-electron chi connectivity index (χ2n) is 2.26. The zero-order chi connectivity index (χ0) is 9.84. The number of hydrogen-bond donors (Lipinski definition) is 0. The smallest absolute Gasteiger partial charge is 0.326 e. The van der Waals surface area contributed by atoms with Crippen molar-refractivity contribution in [2.75, 3.05) is 6.61 Å². The van der Waals surface area contributed by atoms with Gasteiger partial charge in [-0.25, -0.2) is 4.98 Å². The Labute approximate surface area is 92.5 Å². The van der Waals surface area contributed by atoms with E-state index in [9.17, 15) is 4.79 Å². The average Bonchev–Trinajstić information content (AvgIpc) is 2.37. The third kappa shape index (κ3) is 2.80. The number of imidazole rings is 1. The topological polar surface area (TPSA) is 44.1 Å². The molecule has 13 heavy (non-hydrogen) atoms. The number of carbonyl (C=O) groups excluding carboxylic acids is 1. The van der Waals surface area contributed by atoms with Crippen LogP contribution in [-0.2, 0) is 16.1 Å². The zero-order valence-electron chi connectivity index (χ0n) is 6.96. The van der Waals surface area contributed by atoms with Crippen molar-refractivity contribution in [2.24, 2.45) is 0 Å². The molecule has 0 aliphatic carbocycles. The Balaban J connectivity index is 2.64. The summed E-state index contributed by atoms with van der Waals surface area (Å²) in [5, 5.41) is 0. The fourth-order valence-corrected chi connectivity index (χ4v) is 1.44. The Morgan fingerprint density at radius 1 is 1.69 bits per heavy atom. The largest absolute Gasteiger partial charge is 0.465 e. The van der Waals surface area contributed by atoms with Crippen LogP contribution in [-0.4, -0.2) is 22.1 Å². The molecule has 1 aromatic heterocycles. The molecule has 6 heteroatoms. The van der Waals surface area contributed by atoms with Crippen LogP contribution in [0.5, 0.6) is 0 Å². The Hall–Kier alpha value is -0.360. The molecule has 0 atom stereocenters. The van der Waals surface area contributed by atoms with Gasteiger partial charge in [-0.3, -0.25) is 4.79 Å². The molecule has 0 unspecified atom stereocenters. The molecule has 0 aromatic carbocycles. The van der Waals surface area contributed by atoms with Gasteiger partial charge < -0.3 is 9.30 Å². The Kier molecular flexibility index (Phi) is 3.92. The van der Waals surface area contributed by atoms with Gasteiger partial charge in [0.25, 0.3) is 0 Å². The predicted molar refractivity (Wildman–Crippen MR) is 54.3 cm³/mol. The third-order valence-electron chi connectivity index (χ3n) is 1.34. The maximum absolute atomic E-state index is 11.1. The third-order valence-corrected chi connectivity index (χ3v) is 3.28. The van der Waals surface area contributed by atoms with Gasteiger partial charge in [0.05, 0.1) is 12.9 Å². The quantitative estimate of drug-likeness (QED) is 0.802. The van der Waals surface area contributed by atoms with E-state index in [1.165, 1.54) is 0 Å². The molecule has 0 spiro atoms. The van der Waals surface area contributed by atoms with Gasteiger partial charge in [0.15, 0.2) is 0 Å². The van der Waals surface area contributed by atoms with Gasteiger partial charge in [-0.2, -0.15) is 0 Å². The van der Waals surface area contributed by atoms with Crippen LogP contribution in [0.25, 0.3) is 0 Å². The molecule has 0 fully saturated rings. The molecule has 0 bridgehead atoms. The maximum atomic E-state index is 11.1. The summed E-state index contributed by atoms with van der Waals surface area (Å²) in [6.07, 6.45) is 1.56. The lowest BCUT2D eigenvalue weighted by atomic mass is 10.6. The van der Waals surface area contributed by atoms with Crippen LogP contribution in [0, 0.1) is 0 Å². The number of aromatic nitrogens is 2. The van der Waals surface area contributed by atoms with E-state index in [1.807, 2.05) is 0 Å². The van der Waals surface area contributed by atoms with Crippen LogP contribution in [0.15, 0.2) is 15.5 Å². The van der Waals surface area contributed by atoms with Crippen molar-refractivity contribution in [3.05, 3.63) is 15.5 Å². The number of esters is 1. The summed E-state index contributed by atoms with van der Waals surface area (Å²) < 4.78 is 7.86. The molecule has 0 saturated carbocycles. The Bertz CT molecular complexity index is 311. The van der Waals surface area contributed by atoms with Crippen molar-refractivity contribution < 1.29 is 9.53 Å². The molecular weight excluding hydrogens is 304 g/mol. The fraction of sp³-hybridized carbons (Fsp3) is 0.429. The minimum Gasteiger partial charge on any atom is -0.465 e. The van der Waals surface area contributed by atoms with Crippen molar-refractivity contribution in [1.82, 2.24) is 9.55 Å². The highest BCUT2D eigenvalue weighted by atomic mass is 79.9. The van der Waals surface area contributed by atoms with E-state index in [4.69, 9.17) is 4.74 Å². The van der Waals surface area contributed by atoms with Gasteiger partial charge in [0, 0.05) is 0 Å². The number of rotatable bonds is 3. The van der Waals surface area contributed by atoms with Gasteiger partial charge in [-0.1, -0.05) is 0 Å². The molecule has 0 amide bonds. The normalized spacial score (nSPS) is 10.1. The van der Waals surface area contributed by atoms with Gasteiger partial charge >= 0.3 is 5.97 Å². The number of carbonyl (C=O) groups is 1. The molecule has 72 valence electrons. The molecular formula is C7H8Br2N2O2. The van der Waals surface area contributed by atoms with Crippen LogP contribution in [0.2, 0.25) is 0 Å². The number of halogens is 2. The van der Waals surface area contributed by atoms with E-state index in [-0.39, 0.29) is 12.5 Å². The van der Waals surface area contributed by atoms with Crippen LogP contribution in [0.1, 0.15) is 6.92 Å². The summed E-state index contributed by atoms with van der Waals surface area (Å²) in [5.41, 5.74) is 0. The number of hydrogen-bond acceptors (Lipinski definition) is 3. The molecule has 1 rings (SSSR count). The predicted octanol–water partition coefficient (Wildman–Crippen LogP) is 1.97. The molecule has 1 aromatic rings. The lowest BCUT2D eigenvalue weighted by molar-refractivity contribution is -0.143. The molecule has 4 nitrogen and oxygen atoms in total. The van der Waals surface area contributed by atoms with Crippen molar-refractivity contribution in [3.63, 3.8) is 0 Å². The number of nitrogens with zero attached hydrogens (tertiary/aromatic N) is 2.